The maximum Gasteiger partial charge on any atom is 0.153 e. The minimum absolute atomic E-state index is 0.137. The van der Waals surface area contributed by atoms with Crippen molar-refractivity contribution in [3.63, 3.8) is 0 Å². The Kier molecular flexibility index (Phi) is 4.14. The quantitative estimate of drug-likeness (QED) is 0.314. The fraction of sp³-hybridized carbons (Fsp3) is 0.200. The second-order valence-corrected chi connectivity index (χ2v) is 8.82. The van der Waals surface area contributed by atoms with Crippen molar-refractivity contribution in [3.8, 4) is 5.75 Å². The molecule has 0 amide bonds. The number of nitrogens with one attached hydrogen (secondary N) is 3. The van der Waals surface area contributed by atoms with E-state index in [1.165, 1.54) is 6.07 Å². The number of methoxy groups -OCH3 is 1. The molecule has 0 saturated carbocycles. The molecule has 0 spiro atoms. The molecule has 1 aliphatic rings. The summed E-state index contributed by atoms with van der Waals surface area (Å²) in [7, 11) is 1.65. The standard InChI is InChI=1S/C25H23FN6O/c1-25(14-4-6-15(33-2)7-5-14)11-21(13-3-8-19-16(9-13)24(27)32-31-19)29-23-18(26)10-20-17(22(23)25)12-28-30-20/h3-10,12,21,29H,11H2,1-2H3,(H,28,30)(H3,27,31,32)/t21-,25-/m1/s1. The molecule has 8 heteroatoms. The van der Waals surface area contributed by atoms with Gasteiger partial charge in [-0.3, -0.25) is 10.2 Å². The number of benzene rings is 3. The molecule has 6 rings (SSSR count). The number of H-pyrrole nitrogens is 2. The van der Waals surface area contributed by atoms with Crippen molar-refractivity contribution < 1.29 is 9.13 Å². The number of aromatic nitrogens is 4. The van der Waals surface area contributed by atoms with Crippen LogP contribution >= 0.6 is 0 Å². The zero-order valence-electron chi connectivity index (χ0n) is 18.2. The third-order valence-corrected chi connectivity index (χ3v) is 6.93. The van der Waals surface area contributed by atoms with E-state index in [0.717, 1.165) is 38.7 Å². The maximum absolute atomic E-state index is 15.4. The van der Waals surface area contributed by atoms with Crippen LogP contribution in [0.2, 0.25) is 0 Å². The number of ether oxygens (including phenoxy) is 1. The fourth-order valence-electron chi connectivity index (χ4n) is 5.20. The Morgan fingerprint density at radius 2 is 1.88 bits per heavy atom. The number of nitrogen functional groups attached to an aromatic ring is 1. The molecule has 2 atom stereocenters. The van der Waals surface area contributed by atoms with Gasteiger partial charge in [0.15, 0.2) is 5.82 Å². The van der Waals surface area contributed by atoms with Gasteiger partial charge in [0.05, 0.1) is 36.1 Å². The van der Waals surface area contributed by atoms with Crippen LogP contribution < -0.4 is 15.8 Å². The van der Waals surface area contributed by atoms with Gasteiger partial charge in [-0.15, -0.1) is 0 Å². The summed E-state index contributed by atoms with van der Waals surface area (Å²) in [5.74, 6) is 0.920. The van der Waals surface area contributed by atoms with E-state index >= 15 is 4.39 Å². The fourth-order valence-corrected chi connectivity index (χ4v) is 5.20. The number of rotatable bonds is 3. The van der Waals surface area contributed by atoms with E-state index in [-0.39, 0.29) is 11.9 Å². The summed E-state index contributed by atoms with van der Waals surface area (Å²) in [5.41, 5.74) is 10.6. The molecule has 166 valence electrons. The first-order valence-corrected chi connectivity index (χ1v) is 10.8. The van der Waals surface area contributed by atoms with Gasteiger partial charge in [0.25, 0.3) is 0 Å². The summed E-state index contributed by atoms with van der Waals surface area (Å²) in [4.78, 5) is 0. The molecule has 0 fully saturated rings. The van der Waals surface area contributed by atoms with Gasteiger partial charge < -0.3 is 15.8 Å². The summed E-state index contributed by atoms with van der Waals surface area (Å²) in [5, 5.41) is 19.4. The third kappa shape index (κ3) is 2.87. The van der Waals surface area contributed by atoms with E-state index in [0.29, 0.717) is 23.4 Å². The Morgan fingerprint density at radius 1 is 1.06 bits per heavy atom. The first kappa shape index (κ1) is 19.6. The molecule has 0 radical (unpaired) electrons. The number of nitrogens with zero attached hydrogens (tertiary/aromatic N) is 2. The second-order valence-electron chi connectivity index (χ2n) is 8.82. The molecular weight excluding hydrogens is 419 g/mol. The van der Waals surface area contributed by atoms with Crippen LogP contribution in [0.4, 0.5) is 15.9 Å². The molecular formula is C25H23FN6O. The van der Waals surface area contributed by atoms with Crippen molar-refractivity contribution in [2.45, 2.75) is 24.8 Å². The van der Waals surface area contributed by atoms with Gasteiger partial charge in [-0.05, 0) is 47.4 Å². The predicted octanol–water partition coefficient (Wildman–Crippen LogP) is 5.03. The summed E-state index contributed by atoms with van der Waals surface area (Å²) in [6, 6.07) is 15.4. The molecule has 1 aliphatic heterocycles. The molecule has 3 aromatic carbocycles. The van der Waals surface area contributed by atoms with Crippen molar-refractivity contribution in [2.75, 3.05) is 18.2 Å². The normalized spacial score (nSPS) is 20.0. The number of hydrogen-bond donors (Lipinski definition) is 4. The molecule has 0 aliphatic carbocycles. The van der Waals surface area contributed by atoms with Gasteiger partial charge in [-0.2, -0.15) is 10.2 Å². The van der Waals surface area contributed by atoms with Gasteiger partial charge in [-0.1, -0.05) is 25.1 Å². The van der Waals surface area contributed by atoms with Crippen molar-refractivity contribution in [3.05, 3.63) is 77.2 Å². The molecule has 0 bridgehead atoms. The summed E-state index contributed by atoms with van der Waals surface area (Å²) < 4.78 is 20.8. The first-order valence-electron chi connectivity index (χ1n) is 10.8. The van der Waals surface area contributed by atoms with Gasteiger partial charge in [0.1, 0.15) is 11.6 Å². The molecule has 2 aromatic heterocycles. The lowest BCUT2D eigenvalue weighted by atomic mass is 9.67. The molecule has 3 heterocycles. The SMILES string of the molecule is COc1ccc([C@@]2(C)C[C@H](c3ccc4[nH]nc(N)c4c3)Nc3c(F)cc4[nH]ncc4c32)cc1. The van der Waals surface area contributed by atoms with Gasteiger partial charge in [0.2, 0.25) is 0 Å². The van der Waals surface area contributed by atoms with Crippen molar-refractivity contribution in [1.82, 2.24) is 20.4 Å². The van der Waals surface area contributed by atoms with Crippen LogP contribution in [0.5, 0.6) is 5.75 Å². The van der Waals surface area contributed by atoms with E-state index in [1.807, 2.05) is 30.3 Å². The average Bonchev–Trinajstić information content (AvgIpc) is 3.45. The average molecular weight is 442 g/mol. The molecule has 5 N–H and O–H groups in total. The maximum atomic E-state index is 15.4. The van der Waals surface area contributed by atoms with Crippen molar-refractivity contribution in [2.24, 2.45) is 0 Å². The number of fused-ring (bicyclic) bond motifs is 4. The van der Waals surface area contributed by atoms with Crippen LogP contribution in [-0.2, 0) is 5.41 Å². The zero-order chi connectivity index (χ0) is 22.7. The van der Waals surface area contributed by atoms with Gasteiger partial charge >= 0.3 is 0 Å². The predicted molar refractivity (Wildman–Crippen MR) is 127 cm³/mol. The Bertz CT molecular complexity index is 1510. The summed E-state index contributed by atoms with van der Waals surface area (Å²) in [6.07, 6.45) is 2.48. The van der Waals surface area contributed by atoms with Crippen LogP contribution in [-0.4, -0.2) is 27.5 Å². The Balaban J connectivity index is 1.57. The lowest BCUT2D eigenvalue weighted by Crippen LogP contribution is -2.35. The summed E-state index contributed by atoms with van der Waals surface area (Å²) in [6.45, 7) is 2.16. The third-order valence-electron chi connectivity index (χ3n) is 6.93. The van der Waals surface area contributed by atoms with Crippen molar-refractivity contribution in [1.29, 1.82) is 0 Å². The molecule has 0 unspecified atom stereocenters. The van der Waals surface area contributed by atoms with Crippen LogP contribution in [0, 0.1) is 5.82 Å². The van der Waals surface area contributed by atoms with E-state index in [9.17, 15) is 0 Å². The molecule has 0 saturated heterocycles. The topological polar surface area (TPSA) is 105 Å². The Hall–Kier alpha value is -4.07. The number of nitrogens with two attached hydrogens (primary N) is 1. The lowest BCUT2D eigenvalue weighted by molar-refractivity contribution is 0.413. The smallest absolute Gasteiger partial charge is 0.153 e. The highest BCUT2D eigenvalue weighted by molar-refractivity contribution is 5.91. The lowest BCUT2D eigenvalue weighted by Gasteiger charge is -2.42. The van der Waals surface area contributed by atoms with Gasteiger partial charge in [-0.25, -0.2) is 4.39 Å². The zero-order valence-corrected chi connectivity index (χ0v) is 18.2. The number of aromatic amines is 2. The molecule has 33 heavy (non-hydrogen) atoms. The number of hydrogen-bond acceptors (Lipinski definition) is 5. The van der Waals surface area contributed by atoms with Gasteiger partial charge in [0, 0.05) is 22.3 Å². The molecule has 7 nitrogen and oxygen atoms in total. The second kappa shape index (κ2) is 6.96. The van der Waals surface area contributed by atoms with Crippen molar-refractivity contribution >= 4 is 33.3 Å². The highest BCUT2D eigenvalue weighted by Gasteiger charge is 2.41. The van der Waals surface area contributed by atoms with Crippen LogP contribution in [0.25, 0.3) is 21.8 Å². The number of anilines is 2. The van der Waals surface area contributed by atoms with Crippen LogP contribution in [0.15, 0.2) is 54.7 Å². The minimum Gasteiger partial charge on any atom is -0.497 e. The summed E-state index contributed by atoms with van der Waals surface area (Å²) >= 11 is 0. The number of halogens is 1. The highest BCUT2D eigenvalue weighted by atomic mass is 19.1. The van der Waals surface area contributed by atoms with E-state index in [1.54, 1.807) is 13.3 Å². The highest BCUT2D eigenvalue weighted by Crippen LogP contribution is 2.51. The minimum atomic E-state index is -0.487. The van der Waals surface area contributed by atoms with Crippen LogP contribution in [0.1, 0.15) is 36.1 Å². The van der Waals surface area contributed by atoms with E-state index in [2.05, 4.69) is 44.8 Å². The van der Waals surface area contributed by atoms with Crippen LogP contribution in [0.3, 0.4) is 0 Å². The van der Waals surface area contributed by atoms with E-state index in [4.69, 9.17) is 10.5 Å². The Morgan fingerprint density at radius 3 is 2.67 bits per heavy atom. The monoisotopic (exact) mass is 442 g/mol. The largest absolute Gasteiger partial charge is 0.497 e. The Labute approximate surface area is 189 Å². The van der Waals surface area contributed by atoms with E-state index < -0.39 is 5.41 Å². The first-order chi connectivity index (χ1) is 16.0. The molecule has 5 aromatic rings.